The second-order valence-electron chi connectivity index (χ2n) is 4.74. The molecular formula is C17H13NO. The molecule has 0 bridgehead atoms. The maximum Gasteiger partial charge on any atom is 0.131 e. The topological polar surface area (TPSA) is 25.0 Å². The molecule has 0 unspecified atom stereocenters. The number of fused-ring (bicyclic) bond motifs is 2. The maximum absolute atomic E-state index is 5.99. The highest BCUT2D eigenvalue weighted by molar-refractivity contribution is 5.56. The summed E-state index contributed by atoms with van der Waals surface area (Å²) in [4.78, 5) is 3.33. The van der Waals surface area contributed by atoms with Crippen LogP contribution in [0.4, 0.5) is 0 Å². The number of hydrogen-bond acceptors (Lipinski definition) is 1. The lowest BCUT2D eigenvalue weighted by atomic mass is 9.86. The van der Waals surface area contributed by atoms with Crippen LogP contribution in [0.5, 0.6) is 11.5 Å². The first-order valence-corrected chi connectivity index (χ1v) is 6.42. The average molecular weight is 247 g/mol. The van der Waals surface area contributed by atoms with Gasteiger partial charge in [-0.2, -0.15) is 0 Å². The molecule has 2 heteroatoms. The van der Waals surface area contributed by atoms with Gasteiger partial charge in [0.05, 0.1) is 5.92 Å². The number of rotatable bonds is 1. The van der Waals surface area contributed by atoms with E-state index in [9.17, 15) is 0 Å². The van der Waals surface area contributed by atoms with Crippen LogP contribution in [0.25, 0.3) is 0 Å². The highest BCUT2D eigenvalue weighted by Crippen LogP contribution is 2.46. The molecule has 0 saturated heterocycles. The minimum atomic E-state index is 0.219. The third kappa shape index (κ3) is 1.57. The first kappa shape index (κ1) is 10.4. The Balaban J connectivity index is 1.98. The van der Waals surface area contributed by atoms with E-state index in [0.29, 0.717) is 0 Å². The second kappa shape index (κ2) is 4.02. The zero-order valence-corrected chi connectivity index (χ0v) is 10.3. The van der Waals surface area contributed by atoms with Gasteiger partial charge in [0, 0.05) is 23.0 Å². The molecule has 0 radical (unpaired) electrons. The van der Waals surface area contributed by atoms with Gasteiger partial charge in [0.15, 0.2) is 0 Å². The molecule has 3 aromatic rings. The van der Waals surface area contributed by atoms with Gasteiger partial charge in [-0.1, -0.05) is 36.4 Å². The van der Waals surface area contributed by atoms with Crippen molar-refractivity contribution in [2.45, 2.75) is 5.92 Å². The van der Waals surface area contributed by atoms with Crippen molar-refractivity contribution in [2.75, 3.05) is 0 Å². The fourth-order valence-corrected chi connectivity index (χ4v) is 2.77. The van der Waals surface area contributed by atoms with E-state index >= 15 is 0 Å². The summed E-state index contributed by atoms with van der Waals surface area (Å²) in [7, 11) is 0. The van der Waals surface area contributed by atoms with Gasteiger partial charge in [-0.25, -0.2) is 0 Å². The Morgan fingerprint density at radius 3 is 1.95 bits per heavy atom. The van der Waals surface area contributed by atoms with E-state index in [2.05, 4.69) is 35.3 Å². The first-order chi connectivity index (χ1) is 9.43. The predicted molar refractivity (Wildman–Crippen MR) is 74.7 cm³/mol. The van der Waals surface area contributed by atoms with E-state index < -0.39 is 0 Å². The minimum Gasteiger partial charge on any atom is -0.457 e. The van der Waals surface area contributed by atoms with Gasteiger partial charge < -0.3 is 9.72 Å². The van der Waals surface area contributed by atoms with E-state index in [1.165, 1.54) is 16.8 Å². The number of benzene rings is 2. The fourth-order valence-electron chi connectivity index (χ4n) is 2.77. The van der Waals surface area contributed by atoms with E-state index in [1.807, 2.05) is 36.5 Å². The number of aromatic amines is 1. The van der Waals surface area contributed by atoms with Crippen molar-refractivity contribution in [1.82, 2.24) is 4.98 Å². The van der Waals surface area contributed by atoms with Crippen LogP contribution < -0.4 is 4.74 Å². The van der Waals surface area contributed by atoms with Crippen LogP contribution in [0.3, 0.4) is 0 Å². The Morgan fingerprint density at radius 2 is 1.37 bits per heavy atom. The third-order valence-electron chi connectivity index (χ3n) is 3.61. The lowest BCUT2D eigenvalue weighted by molar-refractivity contribution is 0.452. The molecule has 0 aliphatic carbocycles. The van der Waals surface area contributed by atoms with Crippen molar-refractivity contribution in [3.05, 3.63) is 83.7 Å². The molecule has 0 spiro atoms. The zero-order chi connectivity index (χ0) is 12.7. The lowest BCUT2D eigenvalue weighted by Gasteiger charge is -2.27. The maximum atomic E-state index is 5.99. The van der Waals surface area contributed by atoms with Crippen molar-refractivity contribution >= 4 is 0 Å². The second-order valence-corrected chi connectivity index (χ2v) is 4.74. The summed E-state index contributed by atoms with van der Waals surface area (Å²) >= 11 is 0. The summed E-state index contributed by atoms with van der Waals surface area (Å²) in [6, 6.07) is 20.6. The Kier molecular flexibility index (Phi) is 2.21. The molecule has 4 rings (SSSR count). The summed E-state index contributed by atoms with van der Waals surface area (Å²) in [5.74, 6) is 2.11. The molecule has 1 aromatic heterocycles. The molecular weight excluding hydrogens is 234 g/mol. The van der Waals surface area contributed by atoms with Crippen molar-refractivity contribution in [2.24, 2.45) is 0 Å². The molecule has 92 valence electrons. The fraction of sp³-hybridized carbons (Fsp3) is 0.0588. The predicted octanol–water partition coefficient (Wildman–Crippen LogP) is 4.30. The molecule has 2 aromatic carbocycles. The molecule has 2 nitrogen and oxygen atoms in total. The smallest absolute Gasteiger partial charge is 0.131 e. The van der Waals surface area contributed by atoms with E-state index in [-0.39, 0.29) is 5.92 Å². The number of aromatic nitrogens is 1. The molecule has 1 N–H and O–H groups in total. The number of hydrogen-bond donors (Lipinski definition) is 1. The summed E-state index contributed by atoms with van der Waals surface area (Å²) in [5.41, 5.74) is 3.62. The molecule has 1 aliphatic heterocycles. The Labute approximate surface area is 111 Å². The van der Waals surface area contributed by atoms with Crippen LogP contribution >= 0.6 is 0 Å². The highest BCUT2D eigenvalue weighted by Gasteiger charge is 2.28. The molecule has 19 heavy (non-hydrogen) atoms. The van der Waals surface area contributed by atoms with Crippen LogP contribution in [0.1, 0.15) is 22.7 Å². The summed E-state index contributed by atoms with van der Waals surface area (Å²) in [6.45, 7) is 0. The molecule has 0 saturated carbocycles. The van der Waals surface area contributed by atoms with Crippen LogP contribution in [-0.2, 0) is 0 Å². The van der Waals surface area contributed by atoms with Crippen molar-refractivity contribution in [3.8, 4) is 11.5 Å². The van der Waals surface area contributed by atoms with Crippen molar-refractivity contribution < 1.29 is 4.74 Å². The van der Waals surface area contributed by atoms with Gasteiger partial charge in [-0.05, 0) is 24.3 Å². The number of nitrogens with one attached hydrogen (secondary N) is 1. The Morgan fingerprint density at radius 1 is 0.737 bits per heavy atom. The minimum absolute atomic E-state index is 0.219. The number of ether oxygens (including phenoxy) is 1. The van der Waals surface area contributed by atoms with E-state index in [4.69, 9.17) is 4.74 Å². The largest absolute Gasteiger partial charge is 0.457 e. The van der Waals surface area contributed by atoms with Gasteiger partial charge in [0.1, 0.15) is 11.5 Å². The van der Waals surface area contributed by atoms with Crippen molar-refractivity contribution in [1.29, 1.82) is 0 Å². The zero-order valence-electron chi connectivity index (χ0n) is 10.3. The monoisotopic (exact) mass is 247 g/mol. The lowest BCUT2D eigenvalue weighted by Crippen LogP contribution is -2.11. The first-order valence-electron chi connectivity index (χ1n) is 6.42. The number of para-hydroxylation sites is 2. The Bertz CT molecular complexity index is 670. The quantitative estimate of drug-likeness (QED) is 0.533. The standard InChI is InChI=1S/C17H13NO/c1-3-9-15-12(6-1)17(14-8-5-11-18-14)13-7-2-4-10-16(13)19-15/h1-11,17-18H. The van der Waals surface area contributed by atoms with Gasteiger partial charge in [-0.15, -0.1) is 0 Å². The SMILES string of the molecule is c1c[nH]c(C2c3ccccc3Oc3ccccc32)c1. The van der Waals surface area contributed by atoms with Gasteiger partial charge >= 0.3 is 0 Å². The van der Waals surface area contributed by atoms with E-state index in [1.54, 1.807) is 0 Å². The van der Waals surface area contributed by atoms with Gasteiger partial charge in [0.2, 0.25) is 0 Å². The van der Waals surface area contributed by atoms with Crippen LogP contribution in [0, 0.1) is 0 Å². The molecule has 0 amide bonds. The van der Waals surface area contributed by atoms with Crippen LogP contribution in [-0.4, -0.2) is 4.98 Å². The number of H-pyrrole nitrogens is 1. The molecule has 2 heterocycles. The molecule has 1 aliphatic rings. The highest BCUT2D eigenvalue weighted by atomic mass is 16.5. The molecule has 0 atom stereocenters. The van der Waals surface area contributed by atoms with Crippen molar-refractivity contribution in [3.63, 3.8) is 0 Å². The van der Waals surface area contributed by atoms with Crippen LogP contribution in [0.15, 0.2) is 66.9 Å². The summed E-state index contributed by atoms with van der Waals surface area (Å²) in [5, 5.41) is 0. The summed E-state index contributed by atoms with van der Waals surface area (Å²) in [6.07, 6.45) is 1.97. The van der Waals surface area contributed by atoms with Crippen LogP contribution in [0.2, 0.25) is 0 Å². The Hall–Kier alpha value is -2.48. The normalized spacial score (nSPS) is 13.5. The van der Waals surface area contributed by atoms with Gasteiger partial charge in [0.25, 0.3) is 0 Å². The molecule has 0 fully saturated rings. The van der Waals surface area contributed by atoms with Gasteiger partial charge in [-0.3, -0.25) is 0 Å². The van der Waals surface area contributed by atoms with E-state index in [0.717, 1.165) is 11.5 Å². The third-order valence-corrected chi connectivity index (χ3v) is 3.61. The summed E-state index contributed by atoms with van der Waals surface area (Å²) < 4.78 is 5.99. The average Bonchev–Trinajstić information content (AvgIpc) is 2.98.